The summed E-state index contributed by atoms with van der Waals surface area (Å²) >= 11 is 0. The molecule has 0 unspecified atom stereocenters. The van der Waals surface area contributed by atoms with Gasteiger partial charge in [-0.2, -0.15) is 0 Å². The Morgan fingerprint density at radius 3 is 2.55 bits per heavy atom. The lowest BCUT2D eigenvalue weighted by Crippen LogP contribution is -2.26. The summed E-state index contributed by atoms with van der Waals surface area (Å²) in [6.45, 7) is 9.98. The first-order chi connectivity index (χ1) is 9.22. The summed E-state index contributed by atoms with van der Waals surface area (Å²) in [5, 5.41) is 10.5. The van der Waals surface area contributed by atoms with Crippen LogP contribution in [0.2, 0.25) is 0 Å². The zero-order valence-electron chi connectivity index (χ0n) is 12.9. The van der Waals surface area contributed by atoms with Crippen molar-refractivity contribution in [3.05, 3.63) is 35.5 Å². The van der Waals surface area contributed by atoms with Crippen LogP contribution >= 0.6 is 0 Å². The molecular weight excluding hydrogens is 250 g/mol. The number of carbonyl (C=O) groups is 1. The first-order valence-electron chi connectivity index (χ1n) is 7.06. The number of benzene rings is 1. The zero-order chi connectivity index (χ0) is 15.1. The van der Waals surface area contributed by atoms with E-state index in [0.717, 1.165) is 5.56 Å². The van der Waals surface area contributed by atoms with Gasteiger partial charge in [0.05, 0.1) is 5.41 Å². The summed E-state index contributed by atoms with van der Waals surface area (Å²) in [5.74, 6) is -0.755. The van der Waals surface area contributed by atoms with Gasteiger partial charge in [-0.1, -0.05) is 6.07 Å². The number of aliphatic carboxylic acids is 1. The van der Waals surface area contributed by atoms with E-state index in [1.165, 1.54) is 16.5 Å². The molecule has 2 aromatic rings. The minimum absolute atomic E-state index is 0.424. The Balaban J connectivity index is 2.45. The van der Waals surface area contributed by atoms with E-state index in [-0.39, 0.29) is 0 Å². The molecule has 3 nitrogen and oxygen atoms in total. The largest absolute Gasteiger partial charge is 0.481 e. The molecule has 20 heavy (non-hydrogen) atoms. The van der Waals surface area contributed by atoms with E-state index in [1.807, 2.05) is 6.07 Å². The first-order valence-corrected chi connectivity index (χ1v) is 7.06. The van der Waals surface area contributed by atoms with E-state index in [4.69, 9.17) is 0 Å². The minimum Gasteiger partial charge on any atom is -0.481 e. The average Bonchev–Trinajstić information content (AvgIpc) is 2.66. The maximum Gasteiger partial charge on any atom is 0.309 e. The Labute approximate surface area is 120 Å². The normalized spacial score (nSPS) is 12.3. The smallest absolute Gasteiger partial charge is 0.309 e. The molecule has 0 saturated heterocycles. The fraction of sp³-hybridized carbons (Fsp3) is 0.471. The van der Waals surface area contributed by atoms with Crippen LogP contribution in [0.5, 0.6) is 0 Å². The lowest BCUT2D eigenvalue weighted by atomic mass is 9.85. The van der Waals surface area contributed by atoms with Gasteiger partial charge in [-0.05, 0) is 64.3 Å². The Hall–Kier alpha value is -1.77. The van der Waals surface area contributed by atoms with Gasteiger partial charge >= 0.3 is 5.97 Å². The molecule has 1 N–H and O–H groups in total. The third kappa shape index (κ3) is 2.58. The van der Waals surface area contributed by atoms with Crippen molar-refractivity contribution < 1.29 is 9.90 Å². The molecule has 0 aliphatic carbocycles. The molecule has 108 valence electrons. The number of nitrogens with zero attached hydrogens (tertiary/aromatic N) is 1. The van der Waals surface area contributed by atoms with E-state index in [2.05, 4.69) is 43.7 Å². The average molecular weight is 273 g/mol. The number of aromatic nitrogens is 1. The van der Waals surface area contributed by atoms with Crippen LogP contribution in [0.25, 0.3) is 10.9 Å². The van der Waals surface area contributed by atoms with Gasteiger partial charge in [-0.3, -0.25) is 4.79 Å². The van der Waals surface area contributed by atoms with Gasteiger partial charge in [0.2, 0.25) is 0 Å². The number of hydrogen-bond acceptors (Lipinski definition) is 1. The SMILES string of the molecule is Cc1cn(C(C)C)c2ccc(CC(C)(C)C(=O)O)cc12. The van der Waals surface area contributed by atoms with Crippen LogP contribution in [0, 0.1) is 12.3 Å². The van der Waals surface area contributed by atoms with Crippen molar-refractivity contribution in [3.63, 3.8) is 0 Å². The molecule has 0 atom stereocenters. The molecule has 1 aromatic heterocycles. The summed E-state index contributed by atoms with van der Waals surface area (Å²) < 4.78 is 2.26. The third-order valence-electron chi connectivity index (χ3n) is 3.88. The molecule has 0 amide bonds. The molecule has 1 heterocycles. The molecule has 0 aliphatic rings. The molecule has 0 radical (unpaired) electrons. The second-order valence-corrected chi connectivity index (χ2v) is 6.53. The minimum atomic E-state index is -0.755. The van der Waals surface area contributed by atoms with Crippen LogP contribution in [-0.4, -0.2) is 15.6 Å². The summed E-state index contributed by atoms with van der Waals surface area (Å²) in [7, 11) is 0. The van der Waals surface area contributed by atoms with Crippen molar-refractivity contribution in [1.29, 1.82) is 0 Å². The number of hydrogen-bond donors (Lipinski definition) is 1. The van der Waals surface area contributed by atoms with Gasteiger partial charge in [0, 0.05) is 23.1 Å². The monoisotopic (exact) mass is 273 g/mol. The number of fused-ring (bicyclic) bond motifs is 1. The molecule has 0 spiro atoms. The highest BCUT2D eigenvalue weighted by Gasteiger charge is 2.27. The van der Waals surface area contributed by atoms with Crippen molar-refractivity contribution in [2.45, 2.75) is 47.1 Å². The van der Waals surface area contributed by atoms with Gasteiger partial charge in [0.25, 0.3) is 0 Å². The molecule has 0 fully saturated rings. The van der Waals surface area contributed by atoms with Crippen molar-refractivity contribution >= 4 is 16.9 Å². The van der Waals surface area contributed by atoms with Gasteiger partial charge in [-0.15, -0.1) is 0 Å². The second-order valence-electron chi connectivity index (χ2n) is 6.53. The maximum atomic E-state index is 11.2. The number of carboxylic acids is 1. The van der Waals surface area contributed by atoms with E-state index < -0.39 is 11.4 Å². The van der Waals surface area contributed by atoms with E-state index in [1.54, 1.807) is 13.8 Å². The molecule has 0 bridgehead atoms. The number of carboxylic acid groups (broad SMARTS) is 1. The Morgan fingerprint density at radius 2 is 2.00 bits per heavy atom. The van der Waals surface area contributed by atoms with Crippen LogP contribution in [0.15, 0.2) is 24.4 Å². The molecule has 3 heteroatoms. The summed E-state index contributed by atoms with van der Waals surface area (Å²) in [4.78, 5) is 11.2. The van der Waals surface area contributed by atoms with Crippen molar-refractivity contribution in [3.8, 4) is 0 Å². The Morgan fingerprint density at radius 1 is 1.35 bits per heavy atom. The van der Waals surface area contributed by atoms with Crippen LogP contribution < -0.4 is 0 Å². The van der Waals surface area contributed by atoms with Crippen molar-refractivity contribution in [2.75, 3.05) is 0 Å². The standard InChI is InChI=1S/C17H23NO2/c1-11(2)18-10-12(3)14-8-13(6-7-15(14)18)9-17(4,5)16(19)20/h6-8,10-11H,9H2,1-5H3,(H,19,20). The van der Waals surface area contributed by atoms with E-state index in [9.17, 15) is 9.90 Å². The molecular formula is C17H23NO2. The molecule has 1 aromatic carbocycles. The zero-order valence-corrected chi connectivity index (χ0v) is 12.9. The predicted octanol–water partition coefficient (Wildman–Crippen LogP) is 4.18. The first kappa shape index (κ1) is 14.6. The van der Waals surface area contributed by atoms with Crippen LogP contribution in [-0.2, 0) is 11.2 Å². The van der Waals surface area contributed by atoms with E-state index in [0.29, 0.717) is 12.5 Å². The second kappa shape index (κ2) is 4.97. The maximum absolute atomic E-state index is 11.2. The quantitative estimate of drug-likeness (QED) is 0.907. The third-order valence-corrected chi connectivity index (χ3v) is 3.88. The van der Waals surface area contributed by atoms with Crippen LogP contribution in [0.3, 0.4) is 0 Å². The lowest BCUT2D eigenvalue weighted by Gasteiger charge is -2.19. The number of aryl methyl sites for hydroxylation is 1. The van der Waals surface area contributed by atoms with Gasteiger partial charge in [0.15, 0.2) is 0 Å². The van der Waals surface area contributed by atoms with Crippen molar-refractivity contribution in [2.24, 2.45) is 5.41 Å². The highest BCUT2D eigenvalue weighted by Crippen LogP contribution is 2.28. The molecule has 2 rings (SSSR count). The van der Waals surface area contributed by atoms with Crippen LogP contribution in [0.1, 0.15) is 44.9 Å². The molecule has 0 saturated carbocycles. The Bertz CT molecular complexity index is 650. The Kier molecular flexibility index (Phi) is 3.63. The van der Waals surface area contributed by atoms with Gasteiger partial charge in [-0.25, -0.2) is 0 Å². The fourth-order valence-corrected chi connectivity index (χ4v) is 2.60. The lowest BCUT2D eigenvalue weighted by molar-refractivity contribution is -0.146. The summed E-state index contributed by atoms with van der Waals surface area (Å²) in [6.07, 6.45) is 2.71. The summed E-state index contributed by atoms with van der Waals surface area (Å²) in [6, 6.07) is 6.71. The highest BCUT2D eigenvalue weighted by atomic mass is 16.4. The topological polar surface area (TPSA) is 42.2 Å². The summed E-state index contributed by atoms with van der Waals surface area (Å²) in [5.41, 5.74) is 2.80. The van der Waals surface area contributed by atoms with Crippen LogP contribution in [0.4, 0.5) is 0 Å². The van der Waals surface area contributed by atoms with Gasteiger partial charge in [0.1, 0.15) is 0 Å². The van der Waals surface area contributed by atoms with Gasteiger partial charge < -0.3 is 9.67 Å². The fourth-order valence-electron chi connectivity index (χ4n) is 2.60. The number of rotatable bonds is 4. The molecule has 0 aliphatic heterocycles. The highest BCUT2D eigenvalue weighted by molar-refractivity contribution is 5.85. The van der Waals surface area contributed by atoms with Crippen molar-refractivity contribution in [1.82, 2.24) is 4.57 Å². The predicted molar refractivity (Wildman–Crippen MR) is 82.2 cm³/mol. The van der Waals surface area contributed by atoms with E-state index >= 15 is 0 Å².